The van der Waals surface area contributed by atoms with Crippen LogP contribution in [-0.4, -0.2) is 36.4 Å². The summed E-state index contributed by atoms with van der Waals surface area (Å²) in [5, 5.41) is 0. The lowest BCUT2D eigenvalue weighted by Gasteiger charge is -2.20. The molecule has 0 bridgehead atoms. The summed E-state index contributed by atoms with van der Waals surface area (Å²) in [5.74, 6) is -0.740. The van der Waals surface area contributed by atoms with E-state index in [1.165, 1.54) is 11.6 Å². The van der Waals surface area contributed by atoms with Crippen molar-refractivity contribution in [1.82, 2.24) is 0 Å². The Hall–Kier alpha value is -2.66. The zero-order valence-electron chi connectivity index (χ0n) is 17.6. The minimum atomic E-state index is -0.368. The maximum atomic E-state index is 12.2. The van der Waals surface area contributed by atoms with Crippen molar-refractivity contribution < 1.29 is 23.8 Å². The first-order chi connectivity index (χ1) is 14.4. The summed E-state index contributed by atoms with van der Waals surface area (Å²) in [6.07, 6.45) is 8.19. The van der Waals surface area contributed by atoms with Gasteiger partial charge < -0.3 is 14.2 Å². The monoisotopic (exact) mass is 408 g/mol. The van der Waals surface area contributed by atoms with E-state index in [4.69, 9.17) is 14.2 Å². The largest absolute Gasteiger partial charge is 0.458 e. The van der Waals surface area contributed by atoms with Crippen LogP contribution in [0.2, 0.25) is 0 Å². The van der Waals surface area contributed by atoms with Gasteiger partial charge in [0, 0.05) is 17.6 Å². The highest BCUT2D eigenvalue weighted by Crippen LogP contribution is 2.49. The van der Waals surface area contributed by atoms with Crippen molar-refractivity contribution >= 4 is 18.0 Å². The number of carbonyl (C=O) groups excluding carboxylic acids is 2. The lowest BCUT2D eigenvalue weighted by atomic mass is 9.84. The minimum absolute atomic E-state index is 0.0506. The predicted molar refractivity (Wildman–Crippen MR) is 114 cm³/mol. The standard InChI is InChI=1S/C25H28O5/c1-16-6-8-18(9-7-16)11-13-21(26)28-15-19-5-4-14-25(3)23(30-25)22-20(12-10-19)17(2)24(27)29-22/h5-9,11,13,20,22-23H,2,4,10,12,14-15H2,1,3H3/b13-11+,19-5+/t20-,22-,23-,25+/m0/s1. The number of hydrogen-bond donors (Lipinski definition) is 0. The second kappa shape index (κ2) is 8.23. The Kier molecular flexibility index (Phi) is 5.65. The topological polar surface area (TPSA) is 65.1 Å². The van der Waals surface area contributed by atoms with Crippen LogP contribution >= 0.6 is 0 Å². The molecule has 0 radical (unpaired) electrons. The molecular formula is C25H28O5. The van der Waals surface area contributed by atoms with Crippen molar-refractivity contribution in [1.29, 1.82) is 0 Å². The van der Waals surface area contributed by atoms with Gasteiger partial charge in [-0.1, -0.05) is 42.5 Å². The number of ether oxygens (including phenoxy) is 3. The van der Waals surface area contributed by atoms with E-state index in [0.29, 0.717) is 5.57 Å². The van der Waals surface area contributed by atoms with E-state index in [2.05, 4.69) is 19.6 Å². The zero-order valence-corrected chi connectivity index (χ0v) is 17.6. The van der Waals surface area contributed by atoms with Crippen LogP contribution in [0, 0.1) is 12.8 Å². The Labute approximate surface area is 177 Å². The molecule has 0 spiro atoms. The molecule has 30 heavy (non-hydrogen) atoms. The van der Waals surface area contributed by atoms with Gasteiger partial charge in [-0.05, 0) is 56.7 Å². The number of aryl methyl sites for hydroxylation is 1. The number of carbonyl (C=O) groups is 2. The molecule has 0 amide bonds. The Balaban J connectivity index is 1.37. The molecule has 2 saturated heterocycles. The number of esters is 2. The van der Waals surface area contributed by atoms with E-state index in [0.717, 1.165) is 36.8 Å². The van der Waals surface area contributed by atoms with Gasteiger partial charge in [-0.2, -0.15) is 0 Å². The maximum absolute atomic E-state index is 12.2. The van der Waals surface area contributed by atoms with Crippen LogP contribution in [0.5, 0.6) is 0 Å². The molecule has 1 aromatic carbocycles. The first kappa shape index (κ1) is 20.6. The molecule has 5 nitrogen and oxygen atoms in total. The van der Waals surface area contributed by atoms with Crippen molar-refractivity contribution in [2.75, 3.05) is 6.61 Å². The second-order valence-corrected chi connectivity index (χ2v) is 8.64. The van der Waals surface area contributed by atoms with E-state index < -0.39 is 0 Å². The van der Waals surface area contributed by atoms with Gasteiger partial charge in [0.05, 0.1) is 5.60 Å². The Morgan fingerprint density at radius 2 is 2.10 bits per heavy atom. The molecule has 4 rings (SSSR count). The van der Waals surface area contributed by atoms with E-state index in [1.54, 1.807) is 6.08 Å². The second-order valence-electron chi connectivity index (χ2n) is 8.64. The molecule has 2 fully saturated rings. The fourth-order valence-electron chi connectivity index (χ4n) is 4.30. The highest BCUT2D eigenvalue weighted by molar-refractivity contribution is 5.91. The van der Waals surface area contributed by atoms with Crippen LogP contribution in [0.15, 0.2) is 54.1 Å². The summed E-state index contributed by atoms with van der Waals surface area (Å²) in [6.45, 7) is 8.27. The lowest BCUT2D eigenvalue weighted by Crippen LogP contribution is -2.29. The molecule has 0 saturated carbocycles. The van der Waals surface area contributed by atoms with Gasteiger partial charge in [-0.3, -0.25) is 0 Å². The molecule has 2 heterocycles. The number of rotatable bonds is 4. The van der Waals surface area contributed by atoms with Crippen molar-refractivity contribution in [3.05, 3.63) is 65.3 Å². The summed E-state index contributed by atoms with van der Waals surface area (Å²) in [4.78, 5) is 24.2. The quantitative estimate of drug-likeness (QED) is 0.322. The minimum Gasteiger partial charge on any atom is -0.458 e. The van der Waals surface area contributed by atoms with E-state index in [1.807, 2.05) is 31.2 Å². The van der Waals surface area contributed by atoms with Crippen LogP contribution in [0.1, 0.15) is 43.7 Å². The van der Waals surface area contributed by atoms with Gasteiger partial charge in [-0.15, -0.1) is 0 Å². The van der Waals surface area contributed by atoms with Crippen LogP contribution in [0.3, 0.4) is 0 Å². The van der Waals surface area contributed by atoms with Gasteiger partial charge in [0.1, 0.15) is 18.8 Å². The number of benzene rings is 1. The molecule has 0 unspecified atom stereocenters. The zero-order chi connectivity index (χ0) is 21.3. The first-order valence-electron chi connectivity index (χ1n) is 10.5. The average Bonchev–Trinajstić information content (AvgIpc) is 3.31. The summed E-state index contributed by atoms with van der Waals surface area (Å²) in [7, 11) is 0. The molecule has 4 atom stereocenters. The average molecular weight is 408 g/mol. The highest BCUT2D eigenvalue weighted by Gasteiger charge is 2.61. The normalized spacial score (nSPS) is 32.6. The lowest BCUT2D eigenvalue weighted by molar-refractivity contribution is -0.140. The van der Waals surface area contributed by atoms with Crippen molar-refractivity contribution in [3.63, 3.8) is 0 Å². The Morgan fingerprint density at radius 3 is 2.87 bits per heavy atom. The maximum Gasteiger partial charge on any atom is 0.334 e. The van der Waals surface area contributed by atoms with Crippen LogP contribution in [-0.2, 0) is 23.8 Å². The summed E-state index contributed by atoms with van der Waals surface area (Å²) in [5.41, 5.74) is 3.45. The summed E-state index contributed by atoms with van der Waals surface area (Å²) in [6, 6.07) is 7.93. The van der Waals surface area contributed by atoms with Crippen molar-refractivity contribution in [3.8, 4) is 0 Å². The third-order valence-corrected chi connectivity index (χ3v) is 6.33. The van der Waals surface area contributed by atoms with Gasteiger partial charge in [0.2, 0.25) is 0 Å². The van der Waals surface area contributed by atoms with Crippen LogP contribution in [0.25, 0.3) is 6.08 Å². The third kappa shape index (κ3) is 4.41. The Morgan fingerprint density at radius 1 is 1.33 bits per heavy atom. The third-order valence-electron chi connectivity index (χ3n) is 6.33. The number of allylic oxidation sites excluding steroid dienone is 1. The molecule has 1 aliphatic carbocycles. The molecule has 5 heteroatoms. The fourth-order valence-corrected chi connectivity index (χ4v) is 4.30. The molecule has 0 aromatic heterocycles. The van der Waals surface area contributed by atoms with Crippen molar-refractivity contribution in [2.45, 2.75) is 57.3 Å². The van der Waals surface area contributed by atoms with E-state index >= 15 is 0 Å². The summed E-state index contributed by atoms with van der Waals surface area (Å²) < 4.78 is 17.0. The molecule has 3 aliphatic rings. The van der Waals surface area contributed by atoms with Crippen molar-refractivity contribution in [2.24, 2.45) is 5.92 Å². The number of hydrogen-bond acceptors (Lipinski definition) is 5. The highest BCUT2D eigenvalue weighted by atomic mass is 16.6. The SMILES string of the molecule is C=C1C(=O)O[C@H]2[C@H]1CC/C(COC(=O)/C=C/c1ccc(C)cc1)=C\CC[C@@]1(C)O[C@@H]21. The smallest absolute Gasteiger partial charge is 0.334 e. The number of fused-ring (bicyclic) bond motifs is 3. The molecule has 0 N–H and O–H groups in total. The molecule has 158 valence electrons. The van der Waals surface area contributed by atoms with Crippen LogP contribution < -0.4 is 0 Å². The van der Waals surface area contributed by atoms with Gasteiger partial charge >= 0.3 is 11.9 Å². The van der Waals surface area contributed by atoms with Gasteiger partial charge in [-0.25, -0.2) is 9.59 Å². The van der Waals surface area contributed by atoms with E-state index in [-0.39, 0.29) is 42.3 Å². The van der Waals surface area contributed by atoms with Gasteiger partial charge in [0.25, 0.3) is 0 Å². The fraction of sp³-hybridized carbons (Fsp3) is 0.440. The molecule has 1 aromatic rings. The summed E-state index contributed by atoms with van der Waals surface area (Å²) >= 11 is 0. The van der Waals surface area contributed by atoms with Crippen LogP contribution in [0.4, 0.5) is 0 Å². The van der Waals surface area contributed by atoms with Gasteiger partial charge in [0.15, 0.2) is 0 Å². The number of epoxide rings is 1. The predicted octanol–water partition coefficient (Wildman–Crippen LogP) is 4.31. The van der Waals surface area contributed by atoms with E-state index in [9.17, 15) is 9.59 Å². The molecule has 2 aliphatic heterocycles. The molecular weight excluding hydrogens is 380 g/mol. The Bertz CT molecular complexity index is 910. The first-order valence-corrected chi connectivity index (χ1v) is 10.5.